The van der Waals surface area contributed by atoms with E-state index in [0.717, 1.165) is 12.8 Å². The van der Waals surface area contributed by atoms with Crippen molar-refractivity contribution >= 4 is 11.7 Å². The summed E-state index contributed by atoms with van der Waals surface area (Å²) >= 11 is 0. The van der Waals surface area contributed by atoms with Crippen LogP contribution in [0.3, 0.4) is 0 Å². The van der Waals surface area contributed by atoms with Gasteiger partial charge in [-0.1, -0.05) is 37.8 Å². The first-order chi connectivity index (χ1) is 7.61. The van der Waals surface area contributed by atoms with E-state index in [4.69, 9.17) is 10.9 Å². The van der Waals surface area contributed by atoms with Gasteiger partial charge in [-0.3, -0.25) is 4.79 Å². The van der Waals surface area contributed by atoms with Crippen LogP contribution < -0.4 is 5.73 Å². The van der Waals surface area contributed by atoms with Gasteiger partial charge in [0.25, 0.3) is 0 Å². The van der Waals surface area contributed by atoms with Gasteiger partial charge in [0.15, 0.2) is 5.84 Å². The van der Waals surface area contributed by atoms with Gasteiger partial charge in [0, 0.05) is 13.5 Å². The van der Waals surface area contributed by atoms with E-state index in [1.165, 1.54) is 24.2 Å². The predicted molar refractivity (Wildman–Crippen MR) is 64.4 cm³/mol. The first kappa shape index (κ1) is 14.7. The van der Waals surface area contributed by atoms with Gasteiger partial charge >= 0.3 is 0 Å². The van der Waals surface area contributed by atoms with Crippen molar-refractivity contribution in [3.8, 4) is 0 Å². The van der Waals surface area contributed by atoms with E-state index in [2.05, 4.69) is 12.1 Å². The Labute approximate surface area is 97.3 Å². The number of nitrogens with zero attached hydrogens (tertiary/aromatic N) is 2. The number of oxime groups is 1. The Morgan fingerprint density at radius 1 is 1.31 bits per heavy atom. The van der Waals surface area contributed by atoms with Gasteiger partial charge in [-0.25, -0.2) is 0 Å². The van der Waals surface area contributed by atoms with E-state index in [1.807, 2.05) is 0 Å². The summed E-state index contributed by atoms with van der Waals surface area (Å²) in [7, 11) is 1.66. The highest BCUT2D eigenvalue weighted by atomic mass is 16.4. The van der Waals surface area contributed by atoms with Crippen molar-refractivity contribution in [2.24, 2.45) is 10.9 Å². The molecule has 0 aliphatic heterocycles. The summed E-state index contributed by atoms with van der Waals surface area (Å²) in [6, 6.07) is 0. The highest BCUT2D eigenvalue weighted by molar-refractivity contribution is 5.86. The van der Waals surface area contributed by atoms with Crippen LogP contribution in [0, 0.1) is 0 Å². The van der Waals surface area contributed by atoms with Crippen LogP contribution in [0.2, 0.25) is 0 Å². The first-order valence-corrected chi connectivity index (χ1v) is 5.82. The molecule has 0 unspecified atom stereocenters. The molecule has 0 bridgehead atoms. The number of hydrogen-bond acceptors (Lipinski definition) is 3. The molecule has 3 N–H and O–H groups in total. The Morgan fingerprint density at radius 3 is 2.50 bits per heavy atom. The molecule has 0 radical (unpaired) electrons. The van der Waals surface area contributed by atoms with E-state index in [-0.39, 0.29) is 18.3 Å². The minimum absolute atomic E-state index is 0.0445. The van der Waals surface area contributed by atoms with Crippen LogP contribution in [0.15, 0.2) is 5.16 Å². The Morgan fingerprint density at radius 2 is 1.94 bits per heavy atom. The van der Waals surface area contributed by atoms with Crippen LogP contribution >= 0.6 is 0 Å². The van der Waals surface area contributed by atoms with Crippen LogP contribution in [-0.2, 0) is 4.79 Å². The number of nitrogens with two attached hydrogens (primary N) is 1. The van der Waals surface area contributed by atoms with Gasteiger partial charge in [-0.2, -0.15) is 0 Å². The summed E-state index contributed by atoms with van der Waals surface area (Å²) < 4.78 is 0. The van der Waals surface area contributed by atoms with Crippen molar-refractivity contribution in [2.75, 3.05) is 13.6 Å². The number of carbonyl (C=O) groups is 1. The SMILES string of the molecule is CCCCCCCC(=O)N(C)CC(N)=NO. The fourth-order valence-electron chi connectivity index (χ4n) is 1.43. The lowest BCUT2D eigenvalue weighted by Gasteiger charge is -2.15. The molecule has 0 fully saturated rings. The molecular formula is C11H23N3O2. The van der Waals surface area contributed by atoms with E-state index < -0.39 is 0 Å². The largest absolute Gasteiger partial charge is 0.409 e. The van der Waals surface area contributed by atoms with E-state index >= 15 is 0 Å². The van der Waals surface area contributed by atoms with E-state index in [9.17, 15) is 4.79 Å². The van der Waals surface area contributed by atoms with Gasteiger partial charge in [-0.05, 0) is 6.42 Å². The molecule has 5 heteroatoms. The molecule has 1 amide bonds. The molecule has 0 heterocycles. The molecule has 0 aliphatic carbocycles. The summed E-state index contributed by atoms with van der Waals surface area (Å²) in [6.07, 6.45) is 6.18. The van der Waals surface area contributed by atoms with Crippen LogP contribution in [0.4, 0.5) is 0 Å². The molecule has 94 valence electrons. The maximum absolute atomic E-state index is 11.6. The average Bonchev–Trinajstić information content (AvgIpc) is 2.28. The second-order valence-electron chi connectivity index (χ2n) is 4.01. The van der Waals surface area contributed by atoms with E-state index in [0.29, 0.717) is 6.42 Å². The number of amidine groups is 1. The van der Waals surface area contributed by atoms with Crippen molar-refractivity contribution in [3.05, 3.63) is 0 Å². The fraction of sp³-hybridized carbons (Fsp3) is 0.818. The number of rotatable bonds is 8. The molecule has 0 aromatic rings. The van der Waals surface area contributed by atoms with Crippen molar-refractivity contribution in [3.63, 3.8) is 0 Å². The Kier molecular flexibility index (Phi) is 8.29. The minimum Gasteiger partial charge on any atom is -0.409 e. The van der Waals surface area contributed by atoms with Gasteiger partial charge in [0.05, 0.1) is 6.54 Å². The normalized spacial score (nSPS) is 11.5. The van der Waals surface area contributed by atoms with Gasteiger partial charge < -0.3 is 15.8 Å². The van der Waals surface area contributed by atoms with Crippen molar-refractivity contribution in [1.82, 2.24) is 4.90 Å². The van der Waals surface area contributed by atoms with Gasteiger partial charge in [0.2, 0.25) is 5.91 Å². The standard InChI is InChI=1S/C11H23N3O2/c1-3-4-5-6-7-8-11(15)14(2)9-10(12)13-16/h16H,3-9H2,1-2H3,(H2,12,13). The molecule has 0 atom stereocenters. The number of amides is 1. The van der Waals surface area contributed by atoms with Gasteiger partial charge in [0.1, 0.15) is 0 Å². The quantitative estimate of drug-likeness (QED) is 0.218. The van der Waals surface area contributed by atoms with Crippen LogP contribution in [-0.4, -0.2) is 35.4 Å². The fourth-order valence-corrected chi connectivity index (χ4v) is 1.43. The maximum atomic E-state index is 11.6. The molecule has 0 aliphatic rings. The minimum atomic E-state index is 0.0445. The summed E-state index contributed by atoms with van der Waals surface area (Å²) in [4.78, 5) is 13.0. The highest BCUT2D eigenvalue weighted by Gasteiger charge is 2.09. The smallest absolute Gasteiger partial charge is 0.222 e. The van der Waals surface area contributed by atoms with Crippen molar-refractivity contribution < 1.29 is 10.0 Å². The Hall–Kier alpha value is -1.26. The van der Waals surface area contributed by atoms with Crippen LogP contribution in [0.25, 0.3) is 0 Å². The second kappa shape index (κ2) is 9.00. The lowest BCUT2D eigenvalue weighted by molar-refractivity contribution is -0.129. The highest BCUT2D eigenvalue weighted by Crippen LogP contribution is 2.06. The zero-order valence-corrected chi connectivity index (χ0v) is 10.3. The lowest BCUT2D eigenvalue weighted by Crippen LogP contribution is -2.35. The Balaban J connectivity index is 3.63. The molecule has 0 spiro atoms. The van der Waals surface area contributed by atoms with Crippen molar-refractivity contribution in [1.29, 1.82) is 0 Å². The molecule has 0 rings (SSSR count). The van der Waals surface area contributed by atoms with Crippen LogP contribution in [0.5, 0.6) is 0 Å². The predicted octanol–water partition coefficient (Wildman–Crippen LogP) is 1.55. The average molecular weight is 229 g/mol. The Bertz CT molecular complexity index is 229. The third kappa shape index (κ3) is 7.09. The lowest BCUT2D eigenvalue weighted by atomic mass is 10.1. The molecule has 0 aromatic heterocycles. The molecule has 0 saturated heterocycles. The zero-order valence-electron chi connectivity index (χ0n) is 10.3. The first-order valence-electron chi connectivity index (χ1n) is 5.82. The van der Waals surface area contributed by atoms with E-state index in [1.54, 1.807) is 7.05 Å². The zero-order chi connectivity index (χ0) is 12.4. The number of carbonyl (C=O) groups excluding carboxylic acids is 1. The second-order valence-corrected chi connectivity index (χ2v) is 4.01. The summed E-state index contributed by atoms with van der Waals surface area (Å²) in [5, 5.41) is 11.2. The molecule has 16 heavy (non-hydrogen) atoms. The maximum Gasteiger partial charge on any atom is 0.222 e. The third-order valence-electron chi connectivity index (χ3n) is 2.45. The molecule has 0 saturated carbocycles. The van der Waals surface area contributed by atoms with Crippen LogP contribution in [0.1, 0.15) is 45.4 Å². The number of hydrogen-bond donors (Lipinski definition) is 2. The topological polar surface area (TPSA) is 78.9 Å². The number of likely N-dealkylation sites (N-methyl/N-ethyl adjacent to an activating group) is 1. The monoisotopic (exact) mass is 229 g/mol. The number of unbranched alkanes of at least 4 members (excludes halogenated alkanes) is 4. The summed E-state index contributed by atoms with van der Waals surface area (Å²) in [5.41, 5.74) is 5.31. The summed E-state index contributed by atoms with van der Waals surface area (Å²) in [5.74, 6) is 0.102. The van der Waals surface area contributed by atoms with Crippen molar-refractivity contribution in [2.45, 2.75) is 45.4 Å². The molecular weight excluding hydrogens is 206 g/mol. The molecule has 5 nitrogen and oxygen atoms in total. The van der Waals surface area contributed by atoms with Gasteiger partial charge in [-0.15, -0.1) is 0 Å². The third-order valence-corrected chi connectivity index (χ3v) is 2.45. The molecule has 0 aromatic carbocycles. The summed E-state index contributed by atoms with van der Waals surface area (Å²) in [6.45, 7) is 2.35.